The normalized spacial score (nSPS) is 15.2. The third kappa shape index (κ3) is 4.16. The number of alkyl halides is 3. The maximum Gasteiger partial charge on any atom is 0.422 e. The Bertz CT molecular complexity index is 881. The largest absolute Gasteiger partial charge is 0.483 e. The molecule has 1 aliphatic rings. The number of hydrogen-bond donors (Lipinski definition) is 1. The summed E-state index contributed by atoms with van der Waals surface area (Å²) in [7, 11) is 0. The number of halogens is 5. The van der Waals surface area contributed by atoms with Crippen molar-refractivity contribution in [1.29, 1.82) is 0 Å². The van der Waals surface area contributed by atoms with E-state index in [1.54, 1.807) is 30.3 Å². The van der Waals surface area contributed by atoms with Crippen LogP contribution in [0.2, 0.25) is 5.02 Å². The van der Waals surface area contributed by atoms with Crippen LogP contribution in [0.3, 0.4) is 0 Å². The summed E-state index contributed by atoms with van der Waals surface area (Å²) in [5.74, 6) is -0.331. The fourth-order valence-electron chi connectivity index (χ4n) is 2.39. The van der Waals surface area contributed by atoms with Crippen molar-refractivity contribution < 1.29 is 22.7 Å². The summed E-state index contributed by atoms with van der Waals surface area (Å²) in [5.41, 5.74) is 1.85. The Kier molecular flexibility index (Phi) is 4.79. The predicted octanol–water partition coefficient (Wildman–Crippen LogP) is 5.54. The number of fused-ring (bicyclic) bond motifs is 1. The van der Waals surface area contributed by atoms with Crippen LogP contribution in [0, 0.1) is 0 Å². The quantitative estimate of drug-likeness (QED) is 0.647. The summed E-state index contributed by atoms with van der Waals surface area (Å²) in [4.78, 5) is 12.2. The third-order valence-corrected chi connectivity index (χ3v) is 4.16. The van der Waals surface area contributed by atoms with Gasteiger partial charge in [-0.3, -0.25) is 4.79 Å². The summed E-state index contributed by atoms with van der Waals surface area (Å²) >= 11 is 9.17. The Hall–Kier alpha value is -1.99. The van der Waals surface area contributed by atoms with E-state index < -0.39 is 12.8 Å². The van der Waals surface area contributed by atoms with Crippen molar-refractivity contribution in [1.82, 2.24) is 0 Å². The number of carbonyl (C=O) groups is 1. The minimum atomic E-state index is -4.45. The van der Waals surface area contributed by atoms with Crippen LogP contribution < -0.4 is 10.1 Å². The SMILES string of the molecule is O=C1Nc2cc(Cl)ccc2/C1=C\c1cc(Br)ccc1OCC(F)(F)F. The fraction of sp³-hybridized carbons (Fsp3) is 0.118. The molecule has 2 aromatic carbocycles. The molecular weight excluding hydrogens is 423 g/mol. The van der Waals surface area contributed by atoms with Gasteiger partial charge in [-0.2, -0.15) is 13.2 Å². The number of amides is 1. The summed E-state index contributed by atoms with van der Waals surface area (Å²) < 4.78 is 42.8. The van der Waals surface area contributed by atoms with Gasteiger partial charge >= 0.3 is 6.18 Å². The Morgan fingerprint density at radius 3 is 2.68 bits per heavy atom. The predicted molar refractivity (Wildman–Crippen MR) is 93.6 cm³/mol. The molecule has 0 aliphatic carbocycles. The number of rotatable bonds is 3. The lowest BCUT2D eigenvalue weighted by Gasteiger charge is -2.12. The van der Waals surface area contributed by atoms with Gasteiger partial charge in [0.1, 0.15) is 5.75 Å². The van der Waals surface area contributed by atoms with E-state index in [0.29, 0.717) is 31.9 Å². The van der Waals surface area contributed by atoms with Crippen molar-refractivity contribution >= 4 is 50.8 Å². The zero-order valence-electron chi connectivity index (χ0n) is 12.5. The Balaban J connectivity index is 2.01. The first-order valence-corrected chi connectivity index (χ1v) is 8.22. The van der Waals surface area contributed by atoms with Crippen molar-refractivity contribution in [3.63, 3.8) is 0 Å². The minimum absolute atomic E-state index is 0.0308. The van der Waals surface area contributed by atoms with Crippen LogP contribution in [0.4, 0.5) is 18.9 Å². The van der Waals surface area contributed by atoms with E-state index in [4.69, 9.17) is 16.3 Å². The van der Waals surface area contributed by atoms with Crippen LogP contribution in [-0.4, -0.2) is 18.7 Å². The van der Waals surface area contributed by atoms with E-state index in [1.165, 1.54) is 12.1 Å². The van der Waals surface area contributed by atoms with Gasteiger partial charge in [0.2, 0.25) is 0 Å². The first-order valence-electron chi connectivity index (χ1n) is 7.05. The monoisotopic (exact) mass is 431 g/mol. The van der Waals surface area contributed by atoms with E-state index >= 15 is 0 Å². The maximum absolute atomic E-state index is 12.4. The molecule has 0 fully saturated rings. The highest BCUT2D eigenvalue weighted by atomic mass is 79.9. The number of carbonyl (C=O) groups excluding carboxylic acids is 1. The van der Waals surface area contributed by atoms with Crippen LogP contribution in [0.25, 0.3) is 11.6 Å². The third-order valence-electron chi connectivity index (χ3n) is 3.43. The second-order valence-corrected chi connectivity index (χ2v) is 6.64. The number of hydrogen-bond acceptors (Lipinski definition) is 2. The summed E-state index contributed by atoms with van der Waals surface area (Å²) in [5, 5.41) is 3.14. The number of benzene rings is 2. The fourth-order valence-corrected chi connectivity index (χ4v) is 2.94. The zero-order chi connectivity index (χ0) is 18.2. The van der Waals surface area contributed by atoms with Crippen LogP contribution >= 0.6 is 27.5 Å². The molecule has 3 nitrogen and oxygen atoms in total. The van der Waals surface area contributed by atoms with Crippen LogP contribution in [0.1, 0.15) is 11.1 Å². The highest BCUT2D eigenvalue weighted by molar-refractivity contribution is 9.10. The molecule has 0 radical (unpaired) electrons. The molecule has 0 unspecified atom stereocenters. The molecule has 8 heteroatoms. The summed E-state index contributed by atoms with van der Waals surface area (Å²) in [6, 6.07) is 9.48. The average Bonchev–Trinajstić information content (AvgIpc) is 2.80. The van der Waals surface area contributed by atoms with Gasteiger partial charge in [0.05, 0.1) is 5.69 Å². The zero-order valence-corrected chi connectivity index (χ0v) is 14.8. The molecule has 0 saturated carbocycles. The van der Waals surface area contributed by atoms with Crippen molar-refractivity contribution in [2.75, 3.05) is 11.9 Å². The van der Waals surface area contributed by atoms with Gasteiger partial charge in [-0.1, -0.05) is 33.6 Å². The molecular formula is C17H10BrClF3NO2. The molecule has 1 heterocycles. The standard InChI is InChI=1S/C17H10BrClF3NO2/c18-10-1-4-15(25-8-17(20,21)22)9(5-10)6-13-12-3-2-11(19)7-14(12)23-16(13)24/h1-7H,8H2,(H,23,24)/b13-6+. The molecule has 1 N–H and O–H groups in total. The van der Waals surface area contributed by atoms with Crippen molar-refractivity contribution in [2.24, 2.45) is 0 Å². The number of nitrogens with one attached hydrogen (secondary N) is 1. The number of anilines is 1. The molecule has 0 atom stereocenters. The minimum Gasteiger partial charge on any atom is -0.483 e. The van der Waals surface area contributed by atoms with E-state index in [9.17, 15) is 18.0 Å². The summed E-state index contributed by atoms with van der Waals surface area (Å²) in [6.45, 7) is -1.41. The van der Waals surface area contributed by atoms with E-state index in [0.717, 1.165) is 0 Å². The van der Waals surface area contributed by atoms with Crippen LogP contribution in [-0.2, 0) is 4.79 Å². The second-order valence-electron chi connectivity index (χ2n) is 5.29. The molecule has 1 aliphatic heterocycles. The molecule has 0 aromatic heterocycles. The van der Waals surface area contributed by atoms with E-state index in [-0.39, 0.29) is 11.7 Å². The van der Waals surface area contributed by atoms with Crippen molar-refractivity contribution in [3.8, 4) is 5.75 Å². The van der Waals surface area contributed by atoms with E-state index in [2.05, 4.69) is 21.2 Å². The first-order chi connectivity index (χ1) is 11.7. The highest BCUT2D eigenvalue weighted by Crippen LogP contribution is 2.37. The smallest absolute Gasteiger partial charge is 0.422 e. The Morgan fingerprint density at radius 2 is 1.96 bits per heavy atom. The summed E-state index contributed by atoms with van der Waals surface area (Å²) in [6.07, 6.45) is -2.96. The highest BCUT2D eigenvalue weighted by Gasteiger charge is 2.29. The molecule has 2 aromatic rings. The molecule has 1 amide bonds. The lowest BCUT2D eigenvalue weighted by molar-refractivity contribution is -0.153. The van der Waals surface area contributed by atoms with Gasteiger partial charge in [-0.25, -0.2) is 0 Å². The van der Waals surface area contributed by atoms with E-state index in [1.807, 2.05) is 0 Å². The van der Waals surface area contributed by atoms with Crippen molar-refractivity contribution in [2.45, 2.75) is 6.18 Å². The van der Waals surface area contributed by atoms with Gasteiger partial charge in [0, 0.05) is 26.2 Å². The Labute approximate surface area is 154 Å². The van der Waals surface area contributed by atoms with Gasteiger partial charge in [-0.15, -0.1) is 0 Å². The van der Waals surface area contributed by atoms with Crippen molar-refractivity contribution in [3.05, 3.63) is 57.0 Å². The molecule has 25 heavy (non-hydrogen) atoms. The topological polar surface area (TPSA) is 38.3 Å². The molecule has 130 valence electrons. The molecule has 0 saturated heterocycles. The second kappa shape index (κ2) is 6.72. The average molecular weight is 433 g/mol. The molecule has 0 spiro atoms. The van der Waals surface area contributed by atoms with Gasteiger partial charge in [0.25, 0.3) is 5.91 Å². The van der Waals surface area contributed by atoms with Gasteiger partial charge in [0.15, 0.2) is 6.61 Å². The maximum atomic E-state index is 12.4. The lowest BCUT2D eigenvalue weighted by Crippen LogP contribution is -2.19. The molecule has 0 bridgehead atoms. The molecule has 3 rings (SSSR count). The van der Waals surface area contributed by atoms with Crippen LogP contribution in [0.5, 0.6) is 5.75 Å². The van der Waals surface area contributed by atoms with Gasteiger partial charge < -0.3 is 10.1 Å². The lowest BCUT2D eigenvalue weighted by atomic mass is 10.0. The van der Waals surface area contributed by atoms with Gasteiger partial charge in [-0.05, 0) is 36.4 Å². The first kappa shape index (κ1) is 17.8. The number of ether oxygens (including phenoxy) is 1. The van der Waals surface area contributed by atoms with Crippen LogP contribution in [0.15, 0.2) is 40.9 Å². The Morgan fingerprint density at radius 1 is 1.20 bits per heavy atom.